The average molecular weight is 380 g/mol. The maximum atomic E-state index is 6.22. The summed E-state index contributed by atoms with van der Waals surface area (Å²) >= 11 is 14.4. The molecule has 24 heavy (non-hydrogen) atoms. The Labute approximate surface area is 153 Å². The van der Waals surface area contributed by atoms with Crippen LogP contribution in [-0.2, 0) is 6.54 Å². The van der Waals surface area contributed by atoms with E-state index in [9.17, 15) is 0 Å². The maximum Gasteiger partial charge on any atom is 0.203 e. The van der Waals surface area contributed by atoms with Crippen molar-refractivity contribution in [3.8, 4) is 0 Å². The number of hydrogen-bond donors (Lipinski definition) is 1. The minimum Gasteiger partial charge on any atom is -0.363 e. The first kappa shape index (κ1) is 16.0. The molecular weight excluding hydrogens is 365 g/mol. The van der Waals surface area contributed by atoms with Gasteiger partial charge < -0.3 is 5.32 Å². The number of anilines is 1. The van der Waals surface area contributed by atoms with E-state index in [2.05, 4.69) is 20.5 Å². The fraction of sp³-hybridized carbons (Fsp3) is 0.312. The highest BCUT2D eigenvalue weighted by molar-refractivity contribution is 7.99. The summed E-state index contributed by atoms with van der Waals surface area (Å²) in [6, 6.07) is 5.48. The van der Waals surface area contributed by atoms with Crippen LogP contribution in [0.15, 0.2) is 30.6 Å². The number of benzene rings is 1. The molecule has 0 spiro atoms. The second-order valence-corrected chi connectivity index (χ2v) is 7.71. The number of hydrogen-bond acceptors (Lipinski definition) is 5. The fourth-order valence-corrected chi connectivity index (χ4v) is 4.64. The van der Waals surface area contributed by atoms with E-state index in [4.69, 9.17) is 23.2 Å². The molecule has 0 unspecified atom stereocenters. The molecule has 1 saturated heterocycles. The standard InChI is InChI=1S/C16H15Cl2N5S/c17-11-3-1-4-12(18)10(11)9-20-14-16-22-21-15(13-5-2-8-24-13)23(16)7-6-19-14/h1,3-4,6-7,13H,2,5,8-9H2,(H,19,20)/t13-/m0/s1. The van der Waals surface area contributed by atoms with Gasteiger partial charge in [-0.3, -0.25) is 4.40 Å². The second kappa shape index (κ2) is 6.78. The molecular formula is C16H15Cl2N5S. The first-order valence-electron chi connectivity index (χ1n) is 7.72. The van der Waals surface area contributed by atoms with E-state index in [-0.39, 0.29) is 0 Å². The molecule has 1 fully saturated rings. The van der Waals surface area contributed by atoms with Crippen LogP contribution in [0.25, 0.3) is 5.65 Å². The van der Waals surface area contributed by atoms with Crippen molar-refractivity contribution in [1.29, 1.82) is 0 Å². The van der Waals surface area contributed by atoms with Gasteiger partial charge in [-0.1, -0.05) is 29.3 Å². The molecule has 1 atom stereocenters. The van der Waals surface area contributed by atoms with E-state index in [1.807, 2.05) is 40.6 Å². The lowest BCUT2D eigenvalue weighted by Gasteiger charge is -2.10. The van der Waals surface area contributed by atoms with Crippen LogP contribution >= 0.6 is 35.0 Å². The molecule has 1 aliphatic rings. The van der Waals surface area contributed by atoms with E-state index >= 15 is 0 Å². The molecule has 8 heteroatoms. The largest absolute Gasteiger partial charge is 0.363 e. The summed E-state index contributed by atoms with van der Waals surface area (Å²) in [6.45, 7) is 0.478. The fourth-order valence-electron chi connectivity index (χ4n) is 2.84. The zero-order valence-electron chi connectivity index (χ0n) is 12.7. The van der Waals surface area contributed by atoms with Gasteiger partial charge in [-0.25, -0.2) is 4.98 Å². The molecule has 3 aromatic rings. The average Bonchev–Trinajstić information content (AvgIpc) is 3.23. The Morgan fingerprint density at radius 3 is 2.83 bits per heavy atom. The molecule has 0 aliphatic carbocycles. The van der Waals surface area contributed by atoms with Crippen LogP contribution in [0.5, 0.6) is 0 Å². The molecule has 0 radical (unpaired) electrons. The van der Waals surface area contributed by atoms with Gasteiger partial charge in [0.05, 0.1) is 5.25 Å². The number of fused-ring (bicyclic) bond motifs is 1. The molecule has 0 bridgehead atoms. The van der Waals surface area contributed by atoms with Gasteiger partial charge in [0.25, 0.3) is 0 Å². The molecule has 0 saturated carbocycles. The van der Waals surface area contributed by atoms with Crippen LogP contribution in [0.2, 0.25) is 10.0 Å². The smallest absolute Gasteiger partial charge is 0.203 e. The van der Waals surface area contributed by atoms with Gasteiger partial charge in [0.15, 0.2) is 11.6 Å². The normalized spacial score (nSPS) is 17.5. The summed E-state index contributed by atoms with van der Waals surface area (Å²) in [7, 11) is 0. The highest BCUT2D eigenvalue weighted by Crippen LogP contribution is 2.39. The summed E-state index contributed by atoms with van der Waals surface area (Å²) in [5.41, 5.74) is 1.57. The van der Waals surface area contributed by atoms with Crippen molar-refractivity contribution in [2.45, 2.75) is 24.6 Å². The van der Waals surface area contributed by atoms with Crippen LogP contribution in [0.3, 0.4) is 0 Å². The minimum atomic E-state index is 0.410. The van der Waals surface area contributed by atoms with Crippen LogP contribution in [0.1, 0.15) is 29.5 Å². The van der Waals surface area contributed by atoms with Crippen LogP contribution in [-0.4, -0.2) is 25.3 Å². The van der Waals surface area contributed by atoms with Crippen LogP contribution in [0.4, 0.5) is 5.82 Å². The van der Waals surface area contributed by atoms with E-state index in [0.717, 1.165) is 23.5 Å². The van der Waals surface area contributed by atoms with Crippen molar-refractivity contribution in [3.05, 3.63) is 52.0 Å². The lowest BCUT2D eigenvalue weighted by Crippen LogP contribution is -2.05. The van der Waals surface area contributed by atoms with Crippen molar-refractivity contribution in [1.82, 2.24) is 19.6 Å². The Hall–Kier alpha value is -1.50. The first-order valence-corrected chi connectivity index (χ1v) is 9.52. The quantitative estimate of drug-likeness (QED) is 0.716. The molecule has 3 heterocycles. The second-order valence-electron chi connectivity index (χ2n) is 5.58. The van der Waals surface area contributed by atoms with Crippen LogP contribution < -0.4 is 5.32 Å². The molecule has 4 rings (SSSR count). The Morgan fingerprint density at radius 2 is 2.08 bits per heavy atom. The highest BCUT2D eigenvalue weighted by atomic mass is 35.5. The number of thioether (sulfide) groups is 1. The van der Waals surface area contributed by atoms with Gasteiger partial charge in [0.1, 0.15) is 0 Å². The summed E-state index contributed by atoms with van der Waals surface area (Å²) in [5.74, 6) is 2.85. The summed E-state index contributed by atoms with van der Waals surface area (Å²) < 4.78 is 2.02. The molecule has 5 nitrogen and oxygen atoms in total. The van der Waals surface area contributed by atoms with Crippen molar-refractivity contribution in [2.24, 2.45) is 0 Å². The third-order valence-electron chi connectivity index (χ3n) is 4.07. The SMILES string of the molecule is Clc1cccc(Cl)c1CNc1nccn2c([C@@H]3CCCS3)nnc12. The van der Waals surface area contributed by atoms with E-state index in [0.29, 0.717) is 27.7 Å². The van der Waals surface area contributed by atoms with Gasteiger partial charge in [-0.15, -0.1) is 10.2 Å². The minimum absolute atomic E-state index is 0.410. The van der Waals surface area contributed by atoms with Gasteiger partial charge >= 0.3 is 0 Å². The monoisotopic (exact) mass is 379 g/mol. The van der Waals surface area contributed by atoms with Gasteiger partial charge in [-0.2, -0.15) is 11.8 Å². The highest BCUT2D eigenvalue weighted by Gasteiger charge is 2.23. The lowest BCUT2D eigenvalue weighted by atomic mass is 10.2. The van der Waals surface area contributed by atoms with Crippen molar-refractivity contribution < 1.29 is 0 Å². The summed E-state index contributed by atoms with van der Waals surface area (Å²) in [5, 5.41) is 13.7. The van der Waals surface area contributed by atoms with Crippen molar-refractivity contribution in [2.75, 3.05) is 11.1 Å². The maximum absolute atomic E-state index is 6.22. The van der Waals surface area contributed by atoms with Gasteiger partial charge in [0.2, 0.25) is 5.65 Å². The van der Waals surface area contributed by atoms with Crippen LogP contribution in [0, 0.1) is 0 Å². The van der Waals surface area contributed by atoms with E-state index in [1.165, 1.54) is 12.2 Å². The Balaban J connectivity index is 1.63. The number of aromatic nitrogens is 4. The van der Waals surface area contributed by atoms with Gasteiger partial charge in [0, 0.05) is 34.5 Å². The topological polar surface area (TPSA) is 55.1 Å². The van der Waals surface area contributed by atoms with E-state index < -0.39 is 0 Å². The van der Waals surface area contributed by atoms with E-state index in [1.54, 1.807) is 6.20 Å². The molecule has 1 aliphatic heterocycles. The zero-order chi connectivity index (χ0) is 16.5. The number of nitrogens with one attached hydrogen (secondary N) is 1. The molecule has 0 amide bonds. The first-order chi connectivity index (χ1) is 11.7. The number of halogens is 2. The third kappa shape index (κ3) is 2.94. The van der Waals surface area contributed by atoms with Crippen molar-refractivity contribution in [3.63, 3.8) is 0 Å². The molecule has 2 aromatic heterocycles. The number of nitrogens with zero attached hydrogens (tertiary/aromatic N) is 4. The van der Waals surface area contributed by atoms with Crippen molar-refractivity contribution >= 4 is 46.4 Å². The summed E-state index contributed by atoms with van der Waals surface area (Å²) in [6.07, 6.45) is 6.05. The Kier molecular flexibility index (Phi) is 4.52. The zero-order valence-corrected chi connectivity index (χ0v) is 15.1. The van der Waals surface area contributed by atoms with Gasteiger partial charge in [-0.05, 0) is 30.7 Å². The third-order valence-corrected chi connectivity index (χ3v) is 6.15. The Bertz CT molecular complexity index is 856. The molecule has 1 N–H and O–H groups in total. The predicted octanol–water partition coefficient (Wildman–Crippen LogP) is 4.61. The predicted molar refractivity (Wildman–Crippen MR) is 99.0 cm³/mol. The lowest BCUT2D eigenvalue weighted by molar-refractivity contribution is 0.765. The molecule has 1 aromatic carbocycles. The Morgan fingerprint density at radius 1 is 1.25 bits per heavy atom. The summed E-state index contributed by atoms with van der Waals surface area (Å²) in [4.78, 5) is 4.39. The molecule has 124 valence electrons. The number of rotatable bonds is 4.